The molecule has 0 spiro atoms. The fourth-order valence-corrected chi connectivity index (χ4v) is 2.69. The summed E-state index contributed by atoms with van der Waals surface area (Å²) in [6, 6.07) is 8.21. The lowest BCUT2D eigenvalue weighted by molar-refractivity contribution is 0.106. The first-order valence-corrected chi connectivity index (χ1v) is 5.58. The molecule has 1 aliphatic carbocycles. The lowest BCUT2D eigenvalue weighted by Crippen LogP contribution is -2.53. The Morgan fingerprint density at radius 1 is 1.43 bits per heavy atom. The van der Waals surface area contributed by atoms with Gasteiger partial charge in [-0.15, -0.1) is 0 Å². The predicted molar refractivity (Wildman–Crippen MR) is 60.1 cm³/mol. The van der Waals surface area contributed by atoms with E-state index in [0.29, 0.717) is 5.92 Å². The molecule has 2 rings (SSSR count). The molecule has 1 saturated carbocycles. The molecule has 0 heterocycles. The van der Waals surface area contributed by atoms with Crippen LogP contribution in [-0.4, -0.2) is 17.3 Å². The summed E-state index contributed by atoms with van der Waals surface area (Å²) >= 11 is 3.53. The minimum atomic E-state index is -0.333. The minimum absolute atomic E-state index is 0.0912. The van der Waals surface area contributed by atoms with Crippen molar-refractivity contribution >= 4 is 15.9 Å². The molecule has 3 heteroatoms. The average molecular weight is 256 g/mol. The van der Waals surface area contributed by atoms with Crippen LogP contribution in [0.1, 0.15) is 24.3 Å². The summed E-state index contributed by atoms with van der Waals surface area (Å²) in [6.07, 6.45) is 1.76. The number of halogens is 1. The summed E-state index contributed by atoms with van der Waals surface area (Å²) < 4.78 is 1.14. The zero-order chi connectivity index (χ0) is 10.2. The van der Waals surface area contributed by atoms with E-state index in [1.807, 2.05) is 18.2 Å². The Kier molecular flexibility index (Phi) is 2.64. The molecule has 76 valence electrons. The smallest absolute Gasteiger partial charge is 0.0611 e. The maximum Gasteiger partial charge on any atom is 0.0611 e. The van der Waals surface area contributed by atoms with Crippen LogP contribution in [0.15, 0.2) is 28.7 Å². The van der Waals surface area contributed by atoms with Crippen molar-refractivity contribution in [2.45, 2.75) is 24.3 Å². The topological polar surface area (TPSA) is 46.2 Å². The highest BCUT2D eigenvalue weighted by molar-refractivity contribution is 9.10. The Morgan fingerprint density at radius 2 is 2.07 bits per heavy atom. The molecular formula is C11H14BrNO. The van der Waals surface area contributed by atoms with Crippen molar-refractivity contribution in [1.29, 1.82) is 0 Å². The van der Waals surface area contributed by atoms with Crippen molar-refractivity contribution < 1.29 is 5.11 Å². The van der Waals surface area contributed by atoms with Crippen molar-refractivity contribution in [1.82, 2.24) is 0 Å². The standard InChI is InChI=1S/C11H14BrNO/c12-10-4-2-1-3-9(10)8-5-11(13,6-8)7-14/h1-4,8,14H,5-7,13H2. The fraction of sp³-hybridized carbons (Fsp3) is 0.455. The van der Waals surface area contributed by atoms with Gasteiger partial charge in [-0.25, -0.2) is 0 Å². The van der Waals surface area contributed by atoms with E-state index in [-0.39, 0.29) is 12.1 Å². The Morgan fingerprint density at radius 3 is 2.64 bits per heavy atom. The largest absolute Gasteiger partial charge is 0.394 e. The third kappa shape index (κ3) is 1.72. The van der Waals surface area contributed by atoms with Gasteiger partial charge in [0.2, 0.25) is 0 Å². The number of nitrogens with two attached hydrogens (primary N) is 1. The van der Waals surface area contributed by atoms with E-state index in [4.69, 9.17) is 10.8 Å². The molecule has 0 amide bonds. The molecule has 0 saturated heterocycles. The summed E-state index contributed by atoms with van der Waals surface area (Å²) in [6.45, 7) is 0.0912. The van der Waals surface area contributed by atoms with Gasteiger partial charge in [0.25, 0.3) is 0 Å². The van der Waals surface area contributed by atoms with Crippen LogP contribution in [0.5, 0.6) is 0 Å². The van der Waals surface area contributed by atoms with Crippen LogP contribution in [-0.2, 0) is 0 Å². The summed E-state index contributed by atoms with van der Waals surface area (Å²) in [5, 5.41) is 9.04. The van der Waals surface area contributed by atoms with Crippen molar-refractivity contribution in [2.75, 3.05) is 6.61 Å². The van der Waals surface area contributed by atoms with E-state index < -0.39 is 0 Å². The summed E-state index contributed by atoms with van der Waals surface area (Å²) in [5.74, 6) is 0.503. The number of hydrogen-bond acceptors (Lipinski definition) is 2. The Balaban J connectivity index is 2.10. The SMILES string of the molecule is NC1(CO)CC(c2ccccc2Br)C1. The Hall–Kier alpha value is -0.380. The molecule has 0 radical (unpaired) electrons. The normalized spacial score (nSPS) is 31.2. The van der Waals surface area contributed by atoms with Gasteiger partial charge in [-0.05, 0) is 30.4 Å². The van der Waals surface area contributed by atoms with E-state index in [0.717, 1.165) is 17.3 Å². The maximum atomic E-state index is 9.04. The zero-order valence-electron chi connectivity index (χ0n) is 7.91. The molecular weight excluding hydrogens is 242 g/mol. The molecule has 1 fully saturated rings. The van der Waals surface area contributed by atoms with Gasteiger partial charge in [0.1, 0.15) is 0 Å². The van der Waals surface area contributed by atoms with Gasteiger partial charge in [-0.2, -0.15) is 0 Å². The summed E-state index contributed by atoms with van der Waals surface area (Å²) in [7, 11) is 0. The molecule has 1 aliphatic rings. The minimum Gasteiger partial charge on any atom is -0.394 e. The van der Waals surface area contributed by atoms with E-state index in [1.54, 1.807) is 0 Å². The summed E-state index contributed by atoms with van der Waals surface area (Å²) in [4.78, 5) is 0. The third-order valence-electron chi connectivity index (χ3n) is 2.97. The number of aliphatic hydroxyl groups excluding tert-OH is 1. The highest BCUT2D eigenvalue weighted by Crippen LogP contribution is 2.44. The fourth-order valence-electron chi connectivity index (χ4n) is 2.08. The van der Waals surface area contributed by atoms with Crippen molar-refractivity contribution in [3.8, 4) is 0 Å². The lowest BCUT2D eigenvalue weighted by atomic mass is 9.66. The van der Waals surface area contributed by atoms with Gasteiger partial charge in [-0.1, -0.05) is 34.1 Å². The van der Waals surface area contributed by atoms with Gasteiger partial charge in [-0.3, -0.25) is 0 Å². The number of hydrogen-bond donors (Lipinski definition) is 2. The quantitative estimate of drug-likeness (QED) is 0.850. The first kappa shape index (κ1) is 10.1. The predicted octanol–water partition coefficient (Wildman–Crippen LogP) is 2.02. The highest BCUT2D eigenvalue weighted by Gasteiger charge is 2.41. The third-order valence-corrected chi connectivity index (χ3v) is 3.69. The highest BCUT2D eigenvalue weighted by atomic mass is 79.9. The molecule has 14 heavy (non-hydrogen) atoms. The van der Waals surface area contributed by atoms with E-state index in [9.17, 15) is 0 Å². The van der Waals surface area contributed by atoms with Gasteiger partial charge in [0.15, 0.2) is 0 Å². The van der Waals surface area contributed by atoms with Crippen LogP contribution in [0, 0.1) is 0 Å². The summed E-state index contributed by atoms with van der Waals surface area (Å²) in [5.41, 5.74) is 6.89. The molecule has 0 unspecified atom stereocenters. The molecule has 0 aromatic heterocycles. The second-order valence-electron chi connectivity index (χ2n) is 4.15. The van der Waals surface area contributed by atoms with Crippen molar-refractivity contribution in [3.63, 3.8) is 0 Å². The van der Waals surface area contributed by atoms with Crippen LogP contribution in [0.25, 0.3) is 0 Å². The first-order chi connectivity index (χ1) is 6.64. The molecule has 1 aromatic rings. The van der Waals surface area contributed by atoms with Crippen LogP contribution in [0.3, 0.4) is 0 Å². The van der Waals surface area contributed by atoms with E-state index in [2.05, 4.69) is 22.0 Å². The molecule has 0 bridgehead atoms. The number of benzene rings is 1. The van der Waals surface area contributed by atoms with Crippen molar-refractivity contribution in [3.05, 3.63) is 34.3 Å². The zero-order valence-corrected chi connectivity index (χ0v) is 9.50. The van der Waals surface area contributed by atoms with Crippen molar-refractivity contribution in [2.24, 2.45) is 5.73 Å². The van der Waals surface area contributed by atoms with Gasteiger partial charge < -0.3 is 10.8 Å². The number of aliphatic hydroxyl groups is 1. The van der Waals surface area contributed by atoms with Crippen LogP contribution < -0.4 is 5.73 Å². The molecule has 0 atom stereocenters. The molecule has 1 aromatic carbocycles. The van der Waals surface area contributed by atoms with E-state index in [1.165, 1.54) is 5.56 Å². The van der Waals surface area contributed by atoms with Crippen LogP contribution in [0.2, 0.25) is 0 Å². The van der Waals surface area contributed by atoms with Gasteiger partial charge >= 0.3 is 0 Å². The monoisotopic (exact) mass is 255 g/mol. The lowest BCUT2D eigenvalue weighted by Gasteiger charge is -2.44. The molecule has 2 nitrogen and oxygen atoms in total. The average Bonchev–Trinajstić information content (AvgIpc) is 2.14. The van der Waals surface area contributed by atoms with Gasteiger partial charge in [0.05, 0.1) is 6.61 Å². The van der Waals surface area contributed by atoms with Crippen LogP contribution >= 0.6 is 15.9 Å². The second kappa shape index (κ2) is 3.65. The Labute approximate surface area is 92.3 Å². The Bertz CT molecular complexity index is 334. The second-order valence-corrected chi connectivity index (χ2v) is 5.00. The molecule has 0 aliphatic heterocycles. The number of rotatable bonds is 2. The molecule has 3 N–H and O–H groups in total. The van der Waals surface area contributed by atoms with Crippen LogP contribution in [0.4, 0.5) is 0 Å². The maximum absolute atomic E-state index is 9.04. The van der Waals surface area contributed by atoms with E-state index >= 15 is 0 Å². The first-order valence-electron chi connectivity index (χ1n) is 4.79. The van der Waals surface area contributed by atoms with Gasteiger partial charge in [0, 0.05) is 10.0 Å².